The van der Waals surface area contributed by atoms with Crippen LogP contribution in [0.4, 0.5) is 4.79 Å². The Morgan fingerprint density at radius 2 is 1.49 bits per heavy atom. The summed E-state index contributed by atoms with van der Waals surface area (Å²) in [6.45, 7) is 13.7. The first-order valence-electron chi connectivity index (χ1n) is 12.3. The number of carbonyl (C=O) groups is 4. The monoisotopic (exact) mass is 523 g/mol. The zero-order valence-electron chi connectivity index (χ0n) is 23.1. The van der Waals surface area contributed by atoms with E-state index in [0.717, 1.165) is 6.42 Å². The van der Waals surface area contributed by atoms with Crippen molar-refractivity contribution in [2.24, 2.45) is 16.6 Å². The number of unbranched alkanes of at least 4 members (excludes halogenated alkanes) is 1. The molecule has 0 saturated heterocycles. The second kappa shape index (κ2) is 12.9. The van der Waals surface area contributed by atoms with E-state index in [1.165, 1.54) is 25.1 Å². The number of rotatable bonds is 11. The van der Waals surface area contributed by atoms with Crippen molar-refractivity contribution in [1.82, 2.24) is 0 Å². The fourth-order valence-corrected chi connectivity index (χ4v) is 2.98. The predicted octanol–water partition coefficient (Wildman–Crippen LogP) is 4.65. The highest BCUT2D eigenvalue weighted by Crippen LogP contribution is 2.34. The van der Waals surface area contributed by atoms with Gasteiger partial charge in [-0.25, -0.2) is 4.79 Å². The average Bonchev–Trinajstić information content (AvgIpc) is 2.73. The second-order valence-electron chi connectivity index (χ2n) is 11.3. The van der Waals surface area contributed by atoms with Crippen LogP contribution >= 0.6 is 0 Å². The van der Waals surface area contributed by atoms with E-state index >= 15 is 0 Å². The van der Waals surface area contributed by atoms with Crippen LogP contribution in [-0.2, 0) is 30.3 Å². The highest BCUT2D eigenvalue weighted by atomic mass is 16.7. The summed E-state index contributed by atoms with van der Waals surface area (Å²) in [4.78, 5) is 49.0. The molecule has 0 bridgehead atoms. The Labute approximate surface area is 218 Å². The summed E-state index contributed by atoms with van der Waals surface area (Å²) >= 11 is 0. The maximum absolute atomic E-state index is 12.6. The molecular weight excluding hydrogens is 482 g/mol. The van der Waals surface area contributed by atoms with Gasteiger partial charge in [0.15, 0.2) is 11.5 Å². The van der Waals surface area contributed by atoms with Crippen molar-refractivity contribution in [3.63, 3.8) is 0 Å². The number of carboxylic acid groups (broad SMARTS) is 1. The van der Waals surface area contributed by atoms with Gasteiger partial charge in [-0.1, -0.05) is 19.4 Å². The molecule has 0 aromatic heterocycles. The van der Waals surface area contributed by atoms with Gasteiger partial charge in [0, 0.05) is 12.8 Å². The van der Waals surface area contributed by atoms with Crippen molar-refractivity contribution in [3.05, 3.63) is 23.8 Å². The van der Waals surface area contributed by atoms with E-state index < -0.39 is 46.5 Å². The number of hydrogen-bond donors (Lipinski definition) is 2. The van der Waals surface area contributed by atoms with E-state index in [1.807, 2.05) is 6.92 Å². The van der Waals surface area contributed by atoms with E-state index in [-0.39, 0.29) is 30.9 Å². The third-order valence-corrected chi connectivity index (χ3v) is 5.25. The van der Waals surface area contributed by atoms with Crippen LogP contribution in [0.3, 0.4) is 0 Å². The summed E-state index contributed by atoms with van der Waals surface area (Å²) in [5, 5.41) is 9.88. The van der Waals surface area contributed by atoms with Crippen LogP contribution in [0.2, 0.25) is 0 Å². The molecule has 37 heavy (non-hydrogen) atoms. The lowest BCUT2D eigenvalue weighted by Crippen LogP contribution is -2.52. The largest absolute Gasteiger partial charge is 0.508 e. The summed E-state index contributed by atoms with van der Waals surface area (Å²) in [5.41, 5.74) is 3.17. The van der Waals surface area contributed by atoms with Crippen molar-refractivity contribution < 1.29 is 43.2 Å². The summed E-state index contributed by atoms with van der Waals surface area (Å²) in [7, 11) is 0. The fourth-order valence-electron chi connectivity index (χ4n) is 2.98. The topological polar surface area (TPSA) is 151 Å². The Balaban J connectivity index is 3.20. The van der Waals surface area contributed by atoms with Gasteiger partial charge in [0.05, 0.1) is 17.4 Å². The minimum Gasteiger partial charge on any atom is -0.480 e. The maximum Gasteiger partial charge on any atom is 0.508 e. The molecule has 1 unspecified atom stereocenters. The minimum absolute atomic E-state index is 0.0192. The average molecular weight is 524 g/mol. The van der Waals surface area contributed by atoms with Gasteiger partial charge in [-0.2, -0.15) is 0 Å². The van der Waals surface area contributed by atoms with Gasteiger partial charge in [0.25, 0.3) is 0 Å². The van der Waals surface area contributed by atoms with Crippen molar-refractivity contribution in [3.8, 4) is 11.5 Å². The van der Waals surface area contributed by atoms with Crippen LogP contribution in [0.25, 0.3) is 0 Å². The van der Waals surface area contributed by atoms with Crippen molar-refractivity contribution in [2.45, 2.75) is 92.7 Å². The molecule has 0 spiro atoms. The predicted molar refractivity (Wildman–Crippen MR) is 136 cm³/mol. The molecule has 0 radical (unpaired) electrons. The van der Waals surface area contributed by atoms with E-state index in [9.17, 15) is 24.3 Å². The molecule has 0 aliphatic rings. The number of esters is 2. The lowest BCUT2D eigenvalue weighted by molar-refractivity contribution is -0.145. The minimum atomic E-state index is -1.82. The van der Waals surface area contributed by atoms with E-state index in [2.05, 4.69) is 0 Å². The number of nitrogens with two attached hydrogens (primary N) is 1. The molecule has 208 valence electrons. The summed E-state index contributed by atoms with van der Waals surface area (Å²) in [5.74, 6) is -2.43. The lowest BCUT2D eigenvalue weighted by atomic mass is 9.86. The van der Waals surface area contributed by atoms with Crippen LogP contribution in [-0.4, -0.2) is 47.4 Å². The molecule has 0 amide bonds. The third kappa shape index (κ3) is 10.4. The first-order valence-corrected chi connectivity index (χ1v) is 12.3. The van der Waals surface area contributed by atoms with Gasteiger partial charge in [-0.15, -0.1) is 0 Å². The lowest BCUT2D eigenvalue weighted by Gasteiger charge is -2.28. The molecule has 10 heteroatoms. The van der Waals surface area contributed by atoms with Crippen LogP contribution in [0, 0.1) is 10.8 Å². The molecule has 1 aromatic rings. The Kier molecular flexibility index (Phi) is 11.1. The third-order valence-electron chi connectivity index (χ3n) is 5.25. The summed E-state index contributed by atoms with van der Waals surface area (Å²) in [6.07, 6.45) is -0.606. The Morgan fingerprint density at radius 1 is 0.946 bits per heavy atom. The molecular formula is C27H41NO9. The van der Waals surface area contributed by atoms with E-state index in [4.69, 9.17) is 24.7 Å². The Morgan fingerprint density at radius 3 is 1.97 bits per heavy atom. The number of benzene rings is 1. The number of ether oxygens (including phenoxy) is 4. The Hall–Kier alpha value is -3.14. The van der Waals surface area contributed by atoms with Gasteiger partial charge < -0.3 is 29.8 Å². The van der Waals surface area contributed by atoms with Gasteiger partial charge in [-0.3, -0.25) is 14.4 Å². The molecule has 2 atom stereocenters. The fraction of sp³-hybridized carbons (Fsp3) is 0.630. The Bertz CT molecular complexity index is 975. The van der Waals surface area contributed by atoms with Gasteiger partial charge in [0.1, 0.15) is 11.6 Å². The molecule has 1 rings (SSSR count). The van der Waals surface area contributed by atoms with Crippen LogP contribution in [0.15, 0.2) is 18.2 Å². The zero-order valence-corrected chi connectivity index (χ0v) is 23.1. The molecule has 0 aliphatic carbocycles. The first-order chi connectivity index (χ1) is 16.9. The van der Waals surface area contributed by atoms with Gasteiger partial charge in [0.2, 0.25) is 0 Å². The van der Waals surface area contributed by atoms with E-state index in [0.29, 0.717) is 12.0 Å². The SMILES string of the molecule is CCCCOC(=O)O[C@@H](C)CC(N)(Cc1ccc(OC(=O)C(C)(C)C)c(OC(=O)C(C)(C)C)c1)C(=O)O. The molecule has 0 aliphatic heterocycles. The van der Waals surface area contributed by atoms with Crippen LogP contribution < -0.4 is 15.2 Å². The molecule has 10 nitrogen and oxygen atoms in total. The van der Waals surface area contributed by atoms with Crippen molar-refractivity contribution in [2.75, 3.05) is 6.61 Å². The summed E-state index contributed by atoms with van der Waals surface area (Å²) < 4.78 is 21.1. The normalized spacial score (nSPS) is 14.2. The number of hydrogen-bond acceptors (Lipinski definition) is 9. The van der Waals surface area contributed by atoms with Gasteiger partial charge in [-0.05, 0) is 72.6 Å². The molecule has 0 heterocycles. The smallest absolute Gasteiger partial charge is 0.480 e. The first kappa shape index (κ1) is 31.9. The maximum atomic E-state index is 12.6. The van der Waals surface area contributed by atoms with Crippen molar-refractivity contribution in [1.29, 1.82) is 0 Å². The second-order valence-corrected chi connectivity index (χ2v) is 11.3. The number of aliphatic carboxylic acids is 1. The van der Waals surface area contributed by atoms with Gasteiger partial charge >= 0.3 is 24.1 Å². The van der Waals surface area contributed by atoms with E-state index in [1.54, 1.807) is 41.5 Å². The highest BCUT2D eigenvalue weighted by Gasteiger charge is 2.38. The summed E-state index contributed by atoms with van der Waals surface area (Å²) in [6, 6.07) is 4.39. The molecule has 3 N–H and O–H groups in total. The quantitative estimate of drug-likeness (QED) is 0.238. The standard InChI is InChI=1S/C27H41NO9/c1-9-10-13-34-24(33)35-17(2)15-27(28,21(29)30)16-18-11-12-19(36-22(31)25(3,4)5)20(14-18)37-23(32)26(6,7)8/h11-12,14,17H,9-10,13,15-16,28H2,1-8H3,(H,29,30)/t17-,27?/m0/s1. The number of carboxylic acids is 1. The van der Waals surface area contributed by atoms with Crippen molar-refractivity contribution >= 4 is 24.1 Å². The molecule has 0 fully saturated rings. The van der Waals surface area contributed by atoms with Crippen LogP contribution in [0.5, 0.6) is 11.5 Å². The van der Waals surface area contributed by atoms with Crippen LogP contribution in [0.1, 0.15) is 80.2 Å². The molecule has 1 aromatic carbocycles. The molecule has 0 saturated carbocycles. The highest BCUT2D eigenvalue weighted by molar-refractivity contribution is 5.82. The number of carbonyl (C=O) groups excluding carboxylic acids is 3. The zero-order chi connectivity index (χ0) is 28.6.